The summed E-state index contributed by atoms with van der Waals surface area (Å²) >= 11 is 0. The summed E-state index contributed by atoms with van der Waals surface area (Å²) in [7, 11) is 0. The first-order valence-electron chi connectivity index (χ1n) is 6.47. The molecule has 1 aromatic carbocycles. The molecule has 0 radical (unpaired) electrons. The Labute approximate surface area is 128 Å². The van der Waals surface area contributed by atoms with Crippen LogP contribution in [0.25, 0.3) is 10.9 Å². The molecule has 0 atom stereocenters. The fourth-order valence-electron chi connectivity index (χ4n) is 1.90. The van der Waals surface area contributed by atoms with E-state index in [-0.39, 0.29) is 10.9 Å². The zero-order valence-electron chi connectivity index (χ0n) is 12.4. The summed E-state index contributed by atoms with van der Waals surface area (Å²) in [5.41, 5.74) is -2.64. The predicted molar refractivity (Wildman–Crippen MR) is 73.3 cm³/mol. The van der Waals surface area contributed by atoms with E-state index in [1.165, 1.54) is 0 Å². The summed E-state index contributed by atoms with van der Waals surface area (Å²) in [6.45, 7) is 4.78. The van der Waals surface area contributed by atoms with Gasteiger partial charge in [0.25, 0.3) is 0 Å². The molecule has 2 rings (SSSR count). The van der Waals surface area contributed by atoms with E-state index in [1.807, 2.05) is 0 Å². The van der Waals surface area contributed by atoms with E-state index in [0.29, 0.717) is 10.7 Å². The highest BCUT2D eigenvalue weighted by Crippen LogP contribution is 2.32. The Morgan fingerprint density at radius 1 is 1.22 bits per heavy atom. The molecular weight excluding hydrogens is 317 g/mol. The highest BCUT2D eigenvalue weighted by atomic mass is 19.4. The number of aromatic carboxylic acids is 1. The van der Waals surface area contributed by atoms with Gasteiger partial charge < -0.3 is 9.84 Å². The molecule has 0 aliphatic rings. The normalized spacial score (nSPS) is 12.4. The van der Waals surface area contributed by atoms with Gasteiger partial charge in [-0.1, -0.05) is 0 Å². The van der Waals surface area contributed by atoms with Crippen molar-refractivity contribution in [3.05, 3.63) is 29.5 Å². The molecular formula is C14H13F3N2O4. The van der Waals surface area contributed by atoms with Crippen molar-refractivity contribution >= 4 is 23.0 Å². The van der Waals surface area contributed by atoms with E-state index >= 15 is 0 Å². The van der Waals surface area contributed by atoms with E-state index < -0.39 is 35.1 Å². The van der Waals surface area contributed by atoms with Crippen LogP contribution in [0.3, 0.4) is 0 Å². The zero-order valence-corrected chi connectivity index (χ0v) is 12.4. The molecule has 0 amide bonds. The van der Waals surface area contributed by atoms with Gasteiger partial charge in [-0.25, -0.2) is 9.59 Å². The van der Waals surface area contributed by atoms with Crippen LogP contribution in [0.2, 0.25) is 0 Å². The third kappa shape index (κ3) is 3.43. The lowest BCUT2D eigenvalue weighted by molar-refractivity contribution is -0.137. The van der Waals surface area contributed by atoms with Gasteiger partial charge in [0.1, 0.15) is 5.60 Å². The molecule has 0 saturated heterocycles. The topological polar surface area (TPSA) is 81.4 Å². The van der Waals surface area contributed by atoms with Crippen molar-refractivity contribution in [2.24, 2.45) is 0 Å². The van der Waals surface area contributed by atoms with Gasteiger partial charge in [0.2, 0.25) is 0 Å². The van der Waals surface area contributed by atoms with Crippen LogP contribution < -0.4 is 0 Å². The quantitative estimate of drug-likeness (QED) is 0.865. The van der Waals surface area contributed by atoms with Crippen LogP contribution in [-0.4, -0.2) is 32.6 Å². The summed E-state index contributed by atoms with van der Waals surface area (Å²) in [6, 6.07) is 2.38. The maximum Gasteiger partial charge on any atom is 0.435 e. The van der Waals surface area contributed by atoms with Crippen LogP contribution in [0, 0.1) is 0 Å². The number of ether oxygens (including phenoxy) is 1. The van der Waals surface area contributed by atoms with E-state index in [4.69, 9.17) is 9.84 Å². The number of rotatable bonds is 1. The standard InChI is InChI=1S/C14H13F3N2O4/c1-13(2,3)23-12(22)19-9-5-4-7(14(15,16)17)6-8(9)10(18-19)11(20)21/h4-6H,1-3H3,(H,20,21). The SMILES string of the molecule is CC(C)(C)OC(=O)n1nc(C(=O)O)c2cc(C(F)(F)F)ccc21. The number of carbonyl (C=O) groups excluding carboxylic acids is 1. The number of carboxylic acid groups (broad SMARTS) is 1. The molecule has 0 fully saturated rings. The Bertz CT molecular complexity index is 788. The Hall–Kier alpha value is -2.58. The van der Waals surface area contributed by atoms with E-state index in [1.54, 1.807) is 20.8 Å². The zero-order chi connectivity index (χ0) is 17.6. The number of carbonyl (C=O) groups is 2. The second-order valence-electron chi connectivity index (χ2n) is 5.78. The largest absolute Gasteiger partial charge is 0.476 e. The number of nitrogens with zero attached hydrogens (tertiary/aromatic N) is 2. The summed E-state index contributed by atoms with van der Waals surface area (Å²) in [4.78, 5) is 23.2. The van der Waals surface area contributed by atoms with Crippen molar-refractivity contribution in [3.8, 4) is 0 Å². The van der Waals surface area contributed by atoms with Crippen LogP contribution >= 0.6 is 0 Å². The molecule has 6 nitrogen and oxygen atoms in total. The smallest absolute Gasteiger partial charge is 0.435 e. The Balaban J connectivity index is 2.65. The third-order valence-corrected chi connectivity index (χ3v) is 2.78. The van der Waals surface area contributed by atoms with Crippen LogP contribution in [-0.2, 0) is 10.9 Å². The second kappa shape index (κ2) is 5.25. The highest BCUT2D eigenvalue weighted by Gasteiger charge is 2.32. The first-order valence-corrected chi connectivity index (χ1v) is 6.47. The molecule has 0 bridgehead atoms. The fraction of sp³-hybridized carbons (Fsp3) is 0.357. The number of alkyl halides is 3. The second-order valence-corrected chi connectivity index (χ2v) is 5.78. The minimum Gasteiger partial charge on any atom is -0.476 e. The van der Waals surface area contributed by atoms with E-state index in [9.17, 15) is 22.8 Å². The van der Waals surface area contributed by atoms with Gasteiger partial charge in [-0.2, -0.15) is 23.0 Å². The number of hydrogen-bond acceptors (Lipinski definition) is 4. The van der Waals surface area contributed by atoms with Gasteiger partial charge in [0.05, 0.1) is 11.1 Å². The minimum absolute atomic E-state index is 0.0790. The molecule has 0 aliphatic carbocycles. The molecule has 23 heavy (non-hydrogen) atoms. The minimum atomic E-state index is -4.64. The summed E-state index contributed by atoms with van der Waals surface area (Å²) in [5, 5.41) is 12.4. The number of halogens is 3. The summed E-state index contributed by atoms with van der Waals surface area (Å²) in [6.07, 6.45) is -5.62. The molecule has 1 aromatic heterocycles. The van der Waals surface area contributed by atoms with Gasteiger partial charge in [0.15, 0.2) is 5.69 Å². The molecule has 2 aromatic rings. The fourth-order valence-corrected chi connectivity index (χ4v) is 1.90. The number of carboxylic acids is 1. The monoisotopic (exact) mass is 330 g/mol. The highest BCUT2D eigenvalue weighted by molar-refractivity contribution is 6.03. The molecule has 9 heteroatoms. The number of aromatic nitrogens is 2. The van der Waals surface area contributed by atoms with Gasteiger partial charge in [-0.15, -0.1) is 0 Å². The molecule has 0 aliphatic heterocycles. The lowest BCUT2D eigenvalue weighted by atomic mass is 10.1. The molecule has 0 saturated carbocycles. The number of benzene rings is 1. The summed E-state index contributed by atoms with van der Waals surface area (Å²) < 4.78 is 44.0. The predicted octanol–water partition coefficient (Wildman–Crippen LogP) is 3.54. The first kappa shape index (κ1) is 16.8. The summed E-state index contributed by atoms with van der Waals surface area (Å²) in [5.74, 6) is -1.54. The van der Waals surface area contributed by atoms with Gasteiger partial charge in [-0.05, 0) is 39.0 Å². The number of fused-ring (bicyclic) bond motifs is 1. The van der Waals surface area contributed by atoms with Crippen molar-refractivity contribution < 1.29 is 32.6 Å². The van der Waals surface area contributed by atoms with Crippen molar-refractivity contribution in [2.45, 2.75) is 32.5 Å². The average Bonchev–Trinajstić information content (AvgIpc) is 2.74. The van der Waals surface area contributed by atoms with Crippen molar-refractivity contribution in [2.75, 3.05) is 0 Å². The van der Waals surface area contributed by atoms with Gasteiger partial charge >= 0.3 is 18.2 Å². The molecule has 0 spiro atoms. The van der Waals surface area contributed by atoms with Gasteiger partial charge in [0, 0.05) is 5.39 Å². The molecule has 1 N–H and O–H groups in total. The van der Waals surface area contributed by atoms with Gasteiger partial charge in [-0.3, -0.25) is 0 Å². The van der Waals surface area contributed by atoms with E-state index in [2.05, 4.69) is 5.10 Å². The lowest BCUT2D eigenvalue weighted by Crippen LogP contribution is -2.27. The maximum absolute atomic E-state index is 12.8. The Morgan fingerprint density at radius 2 is 1.83 bits per heavy atom. The average molecular weight is 330 g/mol. The van der Waals surface area contributed by atoms with E-state index in [0.717, 1.165) is 12.1 Å². The van der Waals surface area contributed by atoms with Crippen molar-refractivity contribution in [3.63, 3.8) is 0 Å². The number of hydrogen-bond donors (Lipinski definition) is 1. The van der Waals surface area contributed by atoms with Crippen molar-refractivity contribution in [1.82, 2.24) is 9.78 Å². The van der Waals surface area contributed by atoms with Crippen LogP contribution in [0.1, 0.15) is 36.8 Å². The third-order valence-electron chi connectivity index (χ3n) is 2.78. The Morgan fingerprint density at radius 3 is 2.30 bits per heavy atom. The van der Waals surface area contributed by atoms with Crippen LogP contribution in [0.5, 0.6) is 0 Å². The maximum atomic E-state index is 12.8. The molecule has 1 heterocycles. The Kier molecular flexibility index (Phi) is 3.83. The van der Waals surface area contributed by atoms with Crippen LogP contribution in [0.4, 0.5) is 18.0 Å². The van der Waals surface area contributed by atoms with Crippen LogP contribution in [0.15, 0.2) is 18.2 Å². The van der Waals surface area contributed by atoms with Crippen molar-refractivity contribution in [1.29, 1.82) is 0 Å². The molecule has 124 valence electrons. The lowest BCUT2D eigenvalue weighted by Gasteiger charge is -2.19. The molecule has 0 unspecified atom stereocenters. The first-order chi connectivity index (χ1) is 10.4.